The molecule has 0 N–H and O–H groups in total. The van der Waals surface area contributed by atoms with Crippen molar-refractivity contribution in [3.8, 4) is 0 Å². The van der Waals surface area contributed by atoms with Crippen LogP contribution in [0.1, 0.15) is 61.3 Å². The number of carbonyl (C=O) groups excluding carboxylic acids is 1. The van der Waals surface area contributed by atoms with E-state index in [1.54, 1.807) is 11.3 Å². The Hall–Kier alpha value is -0.940. The van der Waals surface area contributed by atoms with E-state index in [0.29, 0.717) is 18.0 Å². The largest absolute Gasteiger partial charge is 0.343 e. The molecule has 2 saturated heterocycles. The van der Waals surface area contributed by atoms with Gasteiger partial charge in [-0.3, -0.25) is 9.69 Å². The van der Waals surface area contributed by atoms with Crippen LogP contribution >= 0.6 is 11.3 Å². The van der Waals surface area contributed by atoms with Crippen molar-refractivity contribution < 1.29 is 4.79 Å². The van der Waals surface area contributed by atoms with Gasteiger partial charge in [-0.05, 0) is 38.6 Å². The molecular weight excluding hydrogens is 282 g/mol. The summed E-state index contributed by atoms with van der Waals surface area (Å²) in [4.78, 5) is 22.0. The molecule has 1 aromatic heterocycles. The van der Waals surface area contributed by atoms with E-state index in [9.17, 15) is 4.79 Å². The van der Waals surface area contributed by atoms with E-state index >= 15 is 0 Å². The van der Waals surface area contributed by atoms with E-state index in [1.807, 2.05) is 0 Å². The average molecular weight is 307 g/mol. The van der Waals surface area contributed by atoms with Crippen LogP contribution in [0.15, 0.2) is 0 Å². The third kappa shape index (κ3) is 2.73. The second-order valence-corrected chi connectivity index (χ2v) is 7.47. The van der Waals surface area contributed by atoms with E-state index in [-0.39, 0.29) is 0 Å². The molecule has 0 aromatic carbocycles. The maximum absolute atomic E-state index is 11.4. The predicted molar refractivity (Wildman–Crippen MR) is 87.6 cm³/mol. The molecule has 0 radical (unpaired) electrons. The number of aromatic nitrogens is 1. The van der Waals surface area contributed by atoms with Gasteiger partial charge in [-0.2, -0.15) is 0 Å². The molecule has 3 heterocycles. The first kappa shape index (κ1) is 15.0. The van der Waals surface area contributed by atoms with Crippen molar-refractivity contribution in [1.29, 1.82) is 0 Å². The van der Waals surface area contributed by atoms with Crippen LogP contribution in [0.2, 0.25) is 0 Å². The minimum atomic E-state index is 0.360. The highest BCUT2D eigenvalue weighted by Gasteiger charge is 2.36. The zero-order valence-electron chi connectivity index (χ0n) is 13.2. The fraction of sp³-hybridized carbons (Fsp3) is 0.750. The SMILES string of the molecule is CCC(C)c1nc(N2CC3CCCN3CC2C)sc1C=O. The quantitative estimate of drug-likeness (QED) is 0.801. The Balaban J connectivity index is 1.85. The standard InChI is InChI=1S/C16H25N3OS/c1-4-11(2)15-14(10-20)21-16(17-15)19-9-13-6-5-7-18(13)8-12(19)3/h10-13H,4-9H2,1-3H3. The van der Waals surface area contributed by atoms with Crippen molar-refractivity contribution in [2.45, 2.75) is 58.0 Å². The summed E-state index contributed by atoms with van der Waals surface area (Å²) in [6.07, 6.45) is 4.63. The highest BCUT2D eigenvalue weighted by atomic mass is 32.1. The molecule has 0 aliphatic carbocycles. The summed E-state index contributed by atoms with van der Waals surface area (Å²) in [6, 6.07) is 1.16. The van der Waals surface area contributed by atoms with Crippen molar-refractivity contribution in [3.05, 3.63) is 10.6 Å². The van der Waals surface area contributed by atoms with Crippen molar-refractivity contribution >= 4 is 22.8 Å². The van der Waals surface area contributed by atoms with E-state index in [1.165, 1.54) is 19.4 Å². The van der Waals surface area contributed by atoms with Gasteiger partial charge in [-0.15, -0.1) is 0 Å². The number of hydrogen-bond donors (Lipinski definition) is 0. The summed E-state index contributed by atoms with van der Waals surface area (Å²) in [7, 11) is 0. The van der Waals surface area contributed by atoms with Gasteiger partial charge in [0.15, 0.2) is 11.4 Å². The number of aldehydes is 1. The summed E-state index contributed by atoms with van der Waals surface area (Å²) >= 11 is 1.58. The highest BCUT2D eigenvalue weighted by molar-refractivity contribution is 7.17. The van der Waals surface area contributed by atoms with Gasteiger partial charge in [0.25, 0.3) is 0 Å². The molecular formula is C16H25N3OS. The maximum atomic E-state index is 11.4. The Morgan fingerprint density at radius 3 is 3.00 bits per heavy atom. The number of thiazole rings is 1. The minimum Gasteiger partial charge on any atom is -0.343 e. The lowest BCUT2D eigenvalue weighted by Crippen LogP contribution is -2.55. The van der Waals surface area contributed by atoms with Crippen LogP contribution in [0.5, 0.6) is 0 Å². The van der Waals surface area contributed by atoms with Crippen LogP contribution in [0.3, 0.4) is 0 Å². The number of fused-ring (bicyclic) bond motifs is 1. The molecule has 2 fully saturated rings. The molecule has 2 aliphatic heterocycles. The molecule has 1 aromatic rings. The van der Waals surface area contributed by atoms with Crippen molar-refractivity contribution in [2.24, 2.45) is 0 Å². The third-order valence-corrected chi connectivity index (χ3v) is 6.07. The number of piperazine rings is 1. The molecule has 2 aliphatic rings. The van der Waals surface area contributed by atoms with Gasteiger partial charge in [-0.25, -0.2) is 4.98 Å². The van der Waals surface area contributed by atoms with Crippen LogP contribution in [-0.2, 0) is 0 Å². The molecule has 3 rings (SSSR count). The van der Waals surface area contributed by atoms with Gasteiger partial charge in [0.2, 0.25) is 0 Å². The van der Waals surface area contributed by atoms with Gasteiger partial charge in [0.1, 0.15) is 0 Å². The Morgan fingerprint density at radius 2 is 2.29 bits per heavy atom. The number of carbonyl (C=O) groups is 1. The lowest BCUT2D eigenvalue weighted by atomic mass is 10.0. The van der Waals surface area contributed by atoms with Gasteiger partial charge < -0.3 is 4.90 Å². The van der Waals surface area contributed by atoms with E-state index < -0.39 is 0 Å². The Kier molecular flexibility index (Phi) is 4.31. The molecule has 116 valence electrons. The zero-order chi connectivity index (χ0) is 15.0. The fourth-order valence-corrected chi connectivity index (χ4v) is 4.65. The van der Waals surface area contributed by atoms with Crippen molar-refractivity contribution in [1.82, 2.24) is 9.88 Å². The first-order valence-electron chi connectivity index (χ1n) is 8.10. The van der Waals surface area contributed by atoms with Crippen LogP contribution in [0, 0.1) is 0 Å². The zero-order valence-corrected chi connectivity index (χ0v) is 14.0. The molecule has 3 atom stereocenters. The third-order valence-electron chi connectivity index (χ3n) is 5.04. The molecule has 0 bridgehead atoms. The Morgan fingerprint density at radius 1 is 1.48 bits per heavy atom. The van der Waals surface area contributed by atoms with E-state index in [2.05, 4.69) is 30.6 Å². The second-order valence-electron chi connectivity index (χ2n) is 6.47. The lowest BCUT2D eigenvalue weighted by molar-refractivity contribution is 0.112. The smallest absolute Gasteiger partial charge is 0.186 e. The molecule has 3 unspecified atom stereocenters. The summed E-state index contributed by atoms with van der Waals surface area (Å²) in [5.41, 5.74) is 0.994. The van der Waals surface area contributed by atoms with Gasteiger partial charge >= 0.3 is 0 Å². The molecule has 21 heavy (non-hydrogen) atoms. The van der Waals surface area contributed by atoms with Crippen LogP contribution in [0.4, 0.5) is 5.13 Å². The predicted octanol–water partition coefficient (Wildman–Crippen LogP) is 3.14. The molecule has 0 spiro atoms. The summed E-state index contributed by atoms with van der Waals surface area (Å²) in [5, 5.41) is 1.05. The van der Waals surface area contributed by atoms with Crippen molar-refractivity contribution in [2.75, 3.05) is 24.5 Å². The van der Waals surface area contributed by atoms with E-state index in [4.69, 9.17) is 4.98 Å². The summed E-state index contributed by atoms with van der Waals surface area (Å²) < 4.78 is 0. The summed E-state index contributed by atoms with van der Waals surface area (Å²) in [5.74, 6) is 0.360. The molecule has 0 amide bonds. The number of rotatable bonds is 4. The first-order chi connectivity index (χ1) is 10.1. The molecule has 5 heteroatoms. The number of anilines is 1. The highest BCUT2D eigenvalue weighted by Crippen LogP contribution is 2.35. The summed E-state index contributed by atoms with van der Waals surface area (Å²) in [6.45, 7) is 10.0. The Labute approximate surface area is 131 Å². The van der Waals surface area contributed by atoms with Crippen LogP contribution in [0.25, 0.3) is 0 Å². The lowest BCUT2D eigenvalue weighted by Gasteiger charge is -2.42. The van der Waals surface area contributed by atoms with Gasteiger partial charge in [0.05, 0.1) is 10.6 Å². The average Bonchev–Trinajstić information content (AvgIpc) is 3.10. The second kappa shape index (κ2) is 6.05. The topological polar surface area (TPSA) is 36.4 Å². The normalized spacial score (nSPS) is 27.7. The fourth-order valence-electron chi connectivity index (χ4n) is 3.54. The van der Waals surface area contributed by atoms with Gasteiger partial charge in [-0.1, -0.05) is 25.2 Å². The first-order valence-corrected chi connectivity index (χ1v) is 8.92. The molecule has 0 saturated carbocycles. The van der Waals surface area contributed by atoms with Crippen LogP contribution < -0.4 is 4.90 Å². The Bertz CT molecular complexity index is 516. The van der Waals surface area contributed by atoms with Crippen molar-refractivity contribution in [3.63, 3.8) is 0 Å². The molecule has 4 nitrogen and oxygen atoms in total. The monoisotopic (exact) mass is 307 g/mol. The minimum absolute atomic E-state index is 0.360. The maximum Gasteiger partial charge on any atom is 0.186 e. The van der Waals surface area contributed by atoms with Crippen LogP contribution in [-0.4, -0.2) is 47.9 Å². The van der Waals surface area contributed by atoms with Gasteiger partial charge in [0, 0.05) is 25.2 Å². The van der Waals surface area contributed by atoms with E-state index in [0.717, 1.165) is 41.5 Å². The number of hydrogen-bond acceptors (Lipinski definition) is 5. The number of nitrogens with zero attached hydrogens (tertiary/aromatic N) is 3.